The lowest BCUT2D eigenvalue weighted by atomic mass is 10.1. The van der Waals surface area contributed by atoms with Crippen molar-refractivity contribution in [2.24, 2.45) is 0 Å². The molecule has 4 nitrogen and oxygen atoms in total. The first-order valence-electron chi connectivity index (χ1n) is 6.10. The predicted octanol–water partition coefficient (Wildman–Crippen LogP) is 2.92. The van der Waals surface area contributed by atoms with E-state index in [0.717, 1.165) is 6.54 Å². The lowest BCUT2D eigenvalue weighted by molar-refractivity contribution is 0.0693. The van der Waals surface area contributed by atoms with Crippen LogP contribution in [-0.2, 0) is 13.1 Å². The molecular weight excluding hydrogens is 242 g/mol. The first-order valence-corrected chi connectivity index (χ1v) is 6.10. The monoisotopic (exact) mass is 259 g/mol. The molecule has 0 atom stereocenters. The Morgan fingerprint density at radius 2 is 2.00 bits per heavy atom. The van der Waals surface area contributed by atoms with Gasteiger partial charge in [-0.3, -0.25) is 4.90 Å². The fourth-order valence-electron chi connectivity index (χ4n) is 2.03. The molecule has 0 radical (unpaired) electrons. The maximum atomic E-state index is 11.0. The van der Waals surface area contributed by atoms with Gasteiger partial charge in [0, 0.05) is 6.54 Å². The zero-order valence-electron chi connectivity index (χ0n) is 11.1. The van der Waals surface area contributed by atoms with Crippen molar-refractivity contribution in [3.8, 4) is 0 Å². The first kappa shape index (κ1) is 13.4. The van der Waals surface area contributed by atoms with Crippen LogP contribution in [0, 0.1) is 6.92 Å². The van der Waals surface area contributed by atoms with E-state index in [1.165, 1.54) is 23.5 Å². The van der Waals surface area contributed by atoms with Crippen LogP contribution in [0.5, 0.6) is 0 Å². The van der Waals surface area contributed by atoms with Crippen LogP contribution in [0.15, 0.2) is 41.0 Å². The van der Waals surface area contributed by atoms with Crippen molar-refractivity contribution >= 4 is 5.97 Å². The van der Waals surface area contributed by atoms with E-state index in [1.807, 2.05) is 24.1 Å². The molecule has 2 rings (SSSR count). The molecule has 0 aliphatic heterocycles. The maximum Gasteiger partial charge on any atom is 0.339 e. The molecule has 2 aromatic rings. The summed E-state index contributed by atoms with van der Waals surface area (Å²) in [6.45, 7) is 3.30. The summed E-state index contributed by atoms with van der Waals surface area (Å²) < 4.78 is 5.24. The number of benzene rings is 1. The minimum absolute atomic E-state index is 0.233. The highest BCUT2D eigenvalue weighted by molar-refractivity contribution is 5.88. The Morgan fingerprint density at radius 3 is 2.68 bits per heavy atom. The van der Waals surface area contributed by atoms with E-state index >= 15 is 0 Å². The number of carboxylic acid groups (broad SMARTS) is 1. The SMILES string of the molecule is Cc1ccccc1CN(C)Cc1occc1C(=O)O. The second kappa shape index (κ2) is 5.71. The summed E-state index contributed by atoms with van der Waals surface area (Å²) >= 11 is 0. The number of carbonyl (C=O) groups is 1. The lowest BCUT2D eigenvalue weighted by Crippen LogP contribution is -2.18. The number of aryl methyl sites for hydroxylation is 1. The zero-order chi connectivity index (χ0) is 13.8. The molecule has 0 saturated heterocycles. The molecule has 0 bridgehead atoms. The molecule has 19 heavy (non-hydrogen) atoms. The third-order valence-electron chi connectivity index (χ3n) is 3.09. The summed E-state index contributed by atoms with van der Waals surface area (Å²) in [6.07, 6.45) is 1.42. The Hall–Kier alpha value is -2.07. The van der Waals surface area contributed by atoms with Crippen molar-refractivity contribution in [2.45, 2.75) is 20.0 Å². The average Bonchev–Trinajstić information content (AvgIpc) is 2.80. The summed E-state index contributed by atoms with van der Waals surface area (Å²) in [5.41, 5.74) is 2.69. The van der Waals surface area contributed by atoms with Gasteiger partial charge < -0.3 is 9.52 Å². The minimum Gasteiger partial charge on any atom is -0.478 e. The quantitative estimate of drug-likeness (QED) is 0.897. The van der Waals surface area contributed by atoms with Crippen molar-refractivity contribution in [1.29, 1.82) is 0 Å². The second-order valence-corrected chi connectivity index (χ2v) is 4.66. The highest BCUT2D eigenvalue weighted by Crippen LogP contribution is 2.15. The Kier molecular flexibility index (Phi) is 4.02. The van der Waals surface area contributed by atoms with Crippen molar-refractivity contribution in [2.75, 3.05) is 7.05 Å². The van der Waals surface area contributed by atoms with Gasteiger partial charge in [0.05, 0.1) is 12.8 Å². The fourth-order valence-corrected chi connectivity index (χ4v) is 2.03. The molecule has 0 saturated carbocycles. The lowest BCUT2D eigenvalue weighted by Gasteiger charge is -2.17. The van der Waals surface area contributed by atoms with Crippen molar-refractivity contribution in [3.63, 3.8) is 0 Å². The van der Waals surface area contributed by atoms with E-state index in [2.05, 4.69) is 19.1 Å². The van der Waals surface area contributed by atoms with Gasteiger partial charge in [0.2, 0.25) is 0 Å². The number of nitrogens with zero attached hydrogens (tertiary/aromatic N) is 1. The minimum atomic E-state index is -0.951. The van der Waals surface area contributed by atoms with Gasteiger partial charge in [-0.1, -0.05) is 24.3 Å². The zero-order valence-corrected chi connectivity index (χ0v) is 11.1. The Bertz CT molecular complexity index is 574. The van der Waals surface area contributed by atoms with E-state index in [9.17, 15) is 4.79 Å². The molecule has 0 aliphatic carbocycles. The van der Waals surface area contributed by atoms with E-state index in [1.54, 1.807) is 0 Å². The predicted molar refractivity (Wildman–Crippen MR) is 72.0 cm³/mol. The molecule has 0 spiro atoms. The summed E-state index contributed by atoms with van der Waals surface area (Å²) in [6, 6.07) is 9.64. The molecule has 4 heteroatoms. The van der Waals surface area contributed by atoms with Gasteiger partial charge in [-0.25, -0.2) is 4.79 Å². The summed E-state index contributed by atoms with van der Waals surface area (Å²) in [5.74, 6) is -0.461. The van der Waals surface area contributed by atoms with E-state index in [0.29, 0.717) is 12.3 Å². The highest BCUT2D eigenvalue weighted by atomic mass is 16.4. The second-order valence-electron chi connectivity index (χ2n) is 4.66. The van der Waals surface area contributed by atoms with Crippen LogP contribution >= 0.6 is 0 Å². The average molecular weight is 259 g/mol. The van der Waals surface area contributed by atoms with Crippen LogP contribution in [0.3, 0.4) is 0 Å². The molecule has 1 N–H and O–H groups in total. The fraction of sp³-hybridized carbons (Fsp3) is 0.267. The molecular formula is C15H17NO3. The molecule has 0 unspecified atom stereocenters. The number of aromatic carboxylic acids is 1. The number of hydrogen-bond donors (Lipinski definition) is 1. The van der Waals surface area contributed by atoms with Crippen molar-refractivity contribution < 1.29 is 14.3 Å². The number of hydrogen-bond acceptors (Lipinski definition) is 3. The van der Waals surface area contributed by atoms with Crippen molar-refractivity contribution in [1.82, 2.24) is 4.90 Å². The van der Waals surface area contributed by atoms with Crippen molar-refractivity contribution in [3.05, 3.63) is 59.0 Å². The Balaban J connectivity index is 2.06. The van der Waals surface area contributed by atoms with Crippen LogP contribution in [0.2, 0.25) is 0 Å². The molecule has 0 amide bonds. The molecule has 1 heterocycles. The molecule has 100 valence electrons. The van der Waals surface area contributed by atoms with Gasteiger partial charge in [-0.2, -0.15) is 0 Å². The van der Waals surface area contributed by atoms with E-state index in [4.69, 9.17) is 9.52 Å². The topological polar surface area (TPSA) is 53.7 Å². The molecule has 1 aromatic carbocycles. The molecule has 1 aromatic heterocycles. The standard InChI is InChI=1S/C15H17NO3/c1-11-5-3-4-6-12(11)9-16(2)10-14-13(15(17)18)7-8-19-14/h3-8H,9-10H2,1-2H3,(H,17,18). The van der Waals surface area contributed by atoms with Gasteiger partial charge >= 0.3 is 5.97 Å². The normalized spacial score (nSPS) is 10.9. The third kappa shape index (κ3) is 3.23. The number of rotatable bonds is 5. The van der Waals surface area contributed by atoms with Crippen LogP contribution in [0.25, 0.3) is 0 Å². The van der Waals surface area contributed by atoms with Crippen LogP contribution < -0.4 is 0 Å². The first-order chi connectivity index (χ1) is 9.08. The van der Waals surface area contributed by atoms with Crippen LogP contribution in [0.4, 0.5) is 0 Å². The van der Waals surface area contributed by atoms with Crippen LogP contribution in [-0.4, -0.2) is 23.0 Å². The number of furan rings is 1. The van der Waals surface area contributed by atoms with Gasteiger partial charge in [-0.05, 0) is 31.2 Å². The maximum absolute atomic E-state index is 11.0. The van der Waals surface area contributed by atoms with Gasteiger partial charge in [0.15, 0.2) is 0 Å². The summed E-state index contributed by atoms with van der Waals surface area (Å²) in [7, 11) is 1.95. The largest absolute Gasteiger partial charge is 0.478 e. The summed E-state index contributed by atoms with van der Waals surface area (Å²) in [5, 5.41) is 9.02. The molecule has 0 fully saturated rings. The van der Waals surface area contributed by atoms with Gasteiger partial charge in [0.25, 0.3) is 0 Å². The Labute approximate surface area is 112 Å². The van der Waals surface area contributed by atoms with Gasteiger partial charge in [-0.15, -0.1) is 0 Å². The van der Waals surface area contributed by atoms with E-state index < -0.39 is 5.97 Å². The smallest absolute Gasteiger partial charge is 0.339 e. The van der Waals surface area contributed by atoms with Crippen LogP contribution in [0.1, 0.15) is 27.2 Å². The Morgan fingerprint density at radius 1 is 1.26 bits per heavy atom. The number of carboxylic acids is 1. The van der Waals surface area contributed by atoms with E-state index in [-0.39, 0.29) is 5.56 Å². The highest BCUT2D eigenvalue weighted by Gasteiger charge is 2.15. The summed E-state index contributed by atoms with van der Waals surface area (Å²) in [4.78, 5) is 13.0. The molecule has 0 aliphatic rings. The third-order valence-corrected chi connectivity index (χ3v) is 3.09. The van der Waals surface area contributed by atoms with Gasteiger partial charge in [0.1, 0.15) is 11.3 Å².